The molecule has 0 bridgehead atoms. The van der Waals surface area contributed by atoms with Gasteiger partial charge in [0.15, 0.2) is 0 Å². The van der Waals surface area contributed by atoms with Gasteiger partial charge in [0.25, 0.3) is 0 Å². The molecule has 3 heteroatoms. The Morgan fingerprint density at radius 3 is 1.00 bits per heavy atom. The van der Waals surface area contributed by atoms with Crippen LogP contribution in [0.1, 0.15) is 0 Å². The summed E-state index contributed by atoms with van der Waals surface area (Å²) in [5.74, 6) is 0. The van der Waals surface area contributed by atoms with E-state index < -0.39 is 0 Å². The van der Waals surface area contributed by atoms with Gasteiger partial charge in [0.2, 0.25) is 0 Å². The minimum atomic E-state index is 0. The Balaban J connectivity index is -0.0000000200. The van der Waals surface area contributed by atoms with E-state index in [1.807, 2.05) is 0 Å². The molecule has 0 rings (SSSR count). The molecular formula is C2H6Br2Sn. The van der Waals surface area contributed by atoms with E-state index in [-0.39, 0.29) is 55.1 Å². The minimum absolute atomic E-state index is 0. The van der Waals surface area contributed by atoms with Gasteiger partial charge < -0.3 is 34.0 Å². The summed E-state index contributed by atoms with van der Waals surface area (Å²) in [4.78, 5) is 4.59. The zero-order valence-corrected chi connectivity index (χ0v) is 9.28. The predicted octanol–water partition coefficient (Wildman–Crippen LogP) is -5.21. The second-order valence-electron chi connectivity index (χ2n) is 0.500. The van der Waals surface area contributed by atoms with Crippen LogP contribution in [0.4, 0.5) is 0 Å². The van der Waals surface area contributed by atoms with Gasteiger partial charge in [-0.2, -0.15) is 0 Å². The quantitative estimate of drug-likeness (QED) is 0.393. The Labute approximate surface area is 64.5 Å². The van der Waals surface area contributed by atoms with E-state index in [1.54, 1.807) is 0 Å². The zero-order chi connectivity index (χ0) is 2.71. The number of rotatable bonds is 0. The first kappa shape index (κ1) is 15.9. The molecule has 0 heterocycles. The molecule has 0 saturated carbocycles. The van der Waals surface area contributed by atoms with Crippen LogP contribution in [-0.2, 0) is 0 Å². The average Bonchev–Trinajstić information content (AvgIpc) is 0.918. The van der Waals surface area contributed by atoms with E-state index in [4.69, 9.17) is 0 Å². The fourth-order valence-electron chi connectivity index (χ4n) is 0. The van der Waals surface area contributed by atoms with Gasteiger partial charge >= 0.3 is 31.0 Å². The van der Waals surface area contributed by atoms with Gasteiger partial charge in [-0.25, -0.2) is 0 Å². The normalized spacial score (nSPS) is 2.00. The van der Waals surface area contributed by atoms with E-state index in [1.165, 1.54) is 0 Å². The molecule has 0 atom stereocenters. The van der Waals surface area contributed by atoms with Crippen LogP contribution >= 0.6 is 0 Å². The third kappa shape index (κ3) is 26.3. The van der Waals surface area contributed by atoms with E-state index in [9.17, 15) is 0 Å². The molecule has 0 nitrogen and oxygen atoms in total. The maximum atomic E-state index is 2.30. The van der Waals surface area contributed by atoms with Crippen LogP contribution in [0.2, 0.25) is 9.88 Å². The molecule has 0 spiro atoms. The SMILES string of the molecule is [Br-].[Br-].[CH3][Sn+2][CH3]. The van der Waals surface area contributed by atoms with Crippen LogP contribution in [0, 0.1) is 0 Å². The van der Waals surface area contributed by atoms with Crippen LogP contribution in [0.15, 0.2) is 0 Å². The number of halogens is 2. The van der Waals surface area contributed by atoms with Gasteiger partial charge in [-0.1, -0.05) is 0 Å². The predicted molar refractivity (Wildman–Crippen MR) is 17.5 cm³/mol. The Bertz CT molecular complexity index is 7.61. The number of hydrogen-bond donors (Lipinski definition) is 0. The second kappa shape index (κ2) is 17.1. The Morgan fingerprint density at radius 2 is 1.00 bits per heavy atom. The summed E-state index contributed by atoms with van der Waals surface area (Å²) in [6, 6.07) is 0. The molecule has 0 N–H and O–H groups in total. The molecule has 0 unspecified atom stereocenters. The molecule has 5 heavy (non-hydrogen) atoms. The second-order valence-corrected chi connectivity index (χ2v) is 3.35. The first-order valence-electron chi connectivity index (χ1n) is 1.00. The van der Waals surface area contributed by atoms with Crippen molar-refractivity contribution in [1.29, 1.82) is 0 Å². The molecule has 0 aliphatic rings. The van der Waals surface area contributed by atoms with Gasteiger partial charge in [0, 0.05) is 0 Å². The first-order chi connectivity index (χ1) is 1.41. The average molecular weight is 309 g/mol. The van der Waals surface area contributed by atoms with Crippen LogP contribution in [0.25, 0.3) is 0 Å². The zero-order valence-electron chi connectivity index (χ0n) is 3.26. The van der Waals surface area contributed by atoms with Crippen molar-refractivity contribution < 1.29 is 34.0 Å². The van der Waals surface area contributed by atoms with Crippen molar-refractivity contribution in [2.75, 3.05) is 0 Å². The van der Waals surface area contributed by atoms with Crippen molar-refractivity contribution in [1.82, 2.24) is 0 Å². The summed E-state index contributed by atoms with van der Waals surface area (Å²) in [5, 5.41) is 0. The number of hydrogen-bond acceptors (Lipinski definition) is 0. The fraction of sp³-hybridized carbons (Fsp3) is 1.00. The van der Waals surface area contributed by atoms with Gasteiger partial charge in [-0.15, -0.1) is 0 Å². The molecule has 0 saturated heterocycles. The summed E-state index contributed by atoms with van der Waals surface area (Å²) in [6.07, 6.45) is 0. The van der Waals surface area contributed by atoms with Gasteiger partial charge in [0.1, 0.15) is 0 Å². The summed E-state index contributed by atoms with van der Waals surface area (Å²) < 4.78 is 0. The molecular weight excluding hydrogens is 303 g/mol. The van der Waals surface area contributed by atoms with Crippen LogP contribution in [-0.4, -0.2) is 21.1 Å². The first-order valence-corrected chi connectivity index (χ1v) is 6.71. The van der Waals surface area contributed by atoms with E-state index in [2.05, 4.69) is 9.88 Å². The maximum absolute atomic E-state index is 2.30. The molecule has 0 aromatic rings. The van der Waals surface area contributed by atoms with Crippen molar-refractivity contribution in [3.05, 3.63) is 0 Å². The summed E-state index contributed by atoms with van der Waals surface area (Å²) in [7, 11) is 0. The van der Waals surface area contributed by atoms with E-state index in [0.29, 0.717) is 0 Å². The summed E-state index contributed by atoms with van der Waals surface area (Å²) >= 11 is 0.230. The van der Waals surface area contributed by atoms with Crippen LogP contribution in [0.3, 0.4) is 0 Å². The molecule has 0 fully saturated rings. The third-order valence-electron chi connectivity index (χ3n) is 0. The topological polar surface area (TPSA) is 0 Å². The molecule has 0 aromatic carbocycles. The fourth-order valence-corrected chi connectivity index (χ4v) is 0. The monoisotopic (exact) mass is 308 g/mol. The Morgan fingerprint density at radius 1 is 1.00 bits per heavy atom. The van der Waals surface area contributed by atoms with E-state index in [0.717, 1.165) is 0 Å². The van der Waals surface area contributed by atoms with Crippen molar-refractivity contribution >= 4 is 21.1 Å². The van der Waals surface area contributed by atoms with Crippen LogP contribution in [0.5, 0.6) is 0 Å². The summed E-state index contributed by atoms with van der Waals surface area (Å²) in [5.41, 5.74) is 0. The Kier molecular flexibility index (Phi) is 54.4. The van der Waals surface area contributed by atoms with Crippen LogP contribution < -0.4 is 34.0 Å². The third-order valence-corrected chi connectivity index (χ3v) is 0. The Hall–Kier alpha value is 1.76. The molecule has 0 aliphatic carbocycles. The van der Waals surface area contributed by atoms with Gasteiger partial charge in [-0.05, 0) is 0 Å². The standard InChI is InChI=1S/2CH3.2BrH.Sn/h2*1H3;2*1H;/q;;;;+2/p-2. The molecule has 0 aromatic heterocycles. The molecule has 0 radical (unpaired) electrons. The molecule has 0 amide bonds. The van der Waals surface area contributed by atoms with Crippen molar-refractivity contribution in [3.8, 4) is 0 Å². The van der Waals surface area contributed by atoms with Crippen molar-refractivity contribution in [2.24, 2.45) is 0 Å². The molecule has 32 valence electrons. The van der Waals surface area contributed by atoms with Gasteiger partial charge in [0.05, 0.1) is 0 Å². The molecule has 0 aliphatic heterocycles. The van der Waals surface area contributed by atoms with Gasteiger partial charge in [-0.3, -0.25) is 0 Å². The van der Waals surface area contributed by atoms with Crippen molar-refractivity contribution in [3.63, 3.8) is 0 Å². The van der Waals surface area contributed by atoms with E-state index >= 15 is 0 Å². The van der Waals surface area contributed by atoms with Crippen molar-refractivity contribution in [2.45, 2.75) is 9.88 Å². The summed E-state index contributed by atoms with van der Waals surface area (Å²) in [6.45, 7) is 0.